The number of anilines is 1. The van der Waals surface area contributed by atoms with Crippen molar-refractivity contribution in [1.82, 2.24) is 5.16 Å². The van der Waals surface area contributed by atoms with Crippen LogP contribution in [0.3, 0.4) is 0 Å². The molecule has 0 saturated carbocycles. The van der Waals surface area contributed by atoms with Crippen LogP contribution in [0.4, 0.5) is 5.88 Å². The van der Waals surface area contributed by atoms with Crippen molar-refractivity contribution in [3.63, 3.8) is 0 Å². The third-order valence-corrected chi connectivity index (χ3v) is 3.21. The van der Waals surface area contributed by atoms with Gasteiger partial charge in [-0.2, -0.15) is 0 Å². The third-order valence-electron chi connectivity index (χ3n) is 3.21. The molecule has 0 unspecified atom stereocenters. The summed E-state index contributed by atoms with van der Waals surface area (Å²) in [7, 11) is 1.64. The lowest BCUT2D eigenvalue weighted by Crippen LogP contribution is -1.91. The van der Waals surface area contributed by atoms with Crippen LogP contribution in [0.2, 0.25) is 0 Å². The van der Waals surface area contributed by atoms with Gasteiger partial charge in [-0.05, 0) is 30.2 Å². The molecule has 2 N–H and O–H groups in total. The van der Waals surface area contributed by atoms with Gasteiger partial charge in [0.05, 0.1) is 25.2 Å². The van der Waals surface area contributed by atoms with Crippen molar-refractivity contribution >= 4 is 5.88 Å². The first-order valence-electron chi connectivity index (χ1n) is 6.13. The van der Waals surface area contributed by atoms with Crippen LogP contribution >= 0.6 is 0 Å². The predicted octanol–water partition coefficient (Wildman–Crippen LogP) is 3.50. The molecule has 0 saturated heterocycles. The van der Waals surface area contributed by atoms with E-state index in [1.54, 1.807) is 19.6 Å². The summed E-state index contributed by atoms with van der Waals surface area (Å²) in [6.45, 7) is 1.98. The van der Waals surface area contributed by atoms with Gasteiger partial charge in [0.2, 0.25) is 5.88 Å². The maximum absolute atomic E-state index is 5.91. The highest BCUT2D eigenvalue weighted by Gasteiger charge is 2.19. The van der Waals surface area contributed by atoms with Crippen molar-refractivity contribution in [3.8, 4) is 28.1 Å². The molecule has 102 valence electrons. The second kappa shape index (κ2) is 4.77. The van der Waals surface area contributed by atoms with Gasteiger partial charge in [-0.3, -0.25) is 0 Å². The average Bonchev–Trinajstić information content (AvgIpc) is 3.08. The Labute approximate surface area is 115 Å². The van der Waals surface area contributed by atoms with Gasteiger partial charge in [-0.15, -0.1) is 0 Å². The Kier molecular flexibility index (Phi) is 2.95. The number of nitrogens with two attached hydrogens (primary N) is 1. The quantitative estimate of drug-likeness (QED) is 0.788. The molecule has 0 aliphatic heterocycles. The van der Waals surface area contributed by atoms with E-state index in [0.29, 0.717) is 5.69 Å². The average molecular weight is 270 g/mol. The number of hydrogen-bond donors (Lipinski definition) is 1. The van der Waals surface area contributed by atoms with Gasteiger partial charge in [0.1, 0.15) is 11.4 Å². The summed E-state index contributed by atoms with van der Waals surface area (Å²) in [5.74, 6) is 1.06. The van der Waals surface area contributed by atoms with E-state index in [4.69, 9.17) is 19.4 Å². The van der Waals surface area contributed by atoms with Crippen molar-refractivity contribution in [1.29, 1.82) is 0 Å². The molecule has 0 amide bonds. The predicted molar refractivity (Wildman–Crippen MR) is 75.3 cm³/mol. The topological polar surface area (TPSA) is 74.4 Å². The second-order valence-corrected chi connectivity index (χ2v) is 4.47. The van der Waals surface area contributed by atoms with Gasteiger partial charge in [0, 0.05) is 5.56 Å². The molecule has 3 rings (SSSR count). The second-order valence-electron chi connectivity index (χ2n) is 4.47. The molecule has 0 bridgehead atoms. The molecule has 5 nitrogen and oxygen atoms in total. The highest BCUT2D eigenvalue weighted by atomic mass is 16.5. The zero-order valence-electron chi connectivity index (χ0n) is 11.2. The molecule has 0 radical (unpaired) electrons. The summed E-state index contributed by atoms with van der Waals surface area (Å²) in [6, 6.07) is 7.66. The fourth-order valence-corrected chi connectivity index (χ4v) is 2.15. The number of aromatic nitrogens is 1. The van der Waals surface area contributed by atoms with E-state index in [-0.39, 0.29) is 5.88 Å². The van der Waals surface area contributed by atoms with Gasteiger partial charge in [0.15, 0.2) is 0 Å². The summed E-state index contributed by atoms with van der Waals surface area (Å²) in [5.41, 5.74) is 10.1. The number of nitrogens with zero attached hydrogens (tertiary/aromatic N) is 1. The number of benzene rings is 1. The van der Waals surface area contributed by atoms with E-state index in [1.165, 1.54) is 0 Å². The summed E-state index contributed by atoms with van der Waals surface area (Å²) in [4.78, 5) is 0. The van der Waals surface area contributed by atoms with Crippen LogP contribution in [0.5, 0.6) is 5.75 Å². The minimum Gasteiger partial charge on any atom is -0.496 e. The first-order valence-corrected chi connectivity index (χ1v) is 6.13. The van der Waals surface area contributed by atoms with Crippen molar-refractivity contribution in [2.24, 2.45) is 0 Å². The first kappa shape index (κ1) is 12.3. The van der Waals surface area contributed by atoms with E-state index in [1.807, 2.05) is 31.2 Å². The summed E-state index contributed by atoms with van der Waals surface area (Å²) < 4.78 is 15.6. The number of furan rings is 1. The van der Waals surface area contributed by atoms with Crippen LogP contribution in [-0.2, 0) is 0 Å². The summed E-state index contributed by atoms with van der Waals surface area (Å²) in [5, 5.41) is 4.01. The molecule has 0 spiro atoms. The molecule has 0 aliphatic rings. The van der Waals surface area contributed by atoms with Gasteiger partial charge in [0.25, 0.3) is 0 Å². The van der Waals surface area contributed by atoms with E-state index in [0.717, 1.165) is 28.0 Å². The minimum absolute atomic E-state index is 0.270. The number of rotatable bonds is 3. The third kappa shape index (κ3) is 1.93. The molecular weight excluding hydrogens is 256 g/mol. The monoisotopic (exact) mass is 270 g/mol. The minimum atomic E-state index is 0.270. The van der Waals surface area contributed by atoms with Crippen LogP contribution < -0.4 is 10.5 Å². The van der Waals surface area contributed by atoms with Crippen LogP contribution in [0.1, 0.15) is 5.56 Å². The Bertz CT molecular complexity index is 730. The Balaban J connectivity index is 2.17. The van der Waals surface area contributed by atoms with Crippen LogP contribution in [0.15, 0.2) is 45.7 Å². The fourth-order valence-electron chi connectivity index (χ4n) is 2.15. The number of hydrogen-bond acceptors (Lipinski definition) is 5. The lowest BCUT2D eigenvalue weighted by atomic mass is 10.0. The van der Waals surface area contributed by atoms with E-state index in [2.05, 4.69) is 5.16 Å². The van der Waals surface area contributed by atoms with E-state index >= 15 is 0 Å². The summed E-state index contributed by atoms with van der Waals surface area (Å²) in [6.07, 6.45) is 3.19. The molecule has 2 heterocycles. The SMILES string of the molecule is COc1cc(-c2c(-c3ccoc3)noc2N)ccc1C. The fraction of sp³-hybridized carbons (Fsp3) is 0.133. The van der Waals surface area contributed by atoms with Crippen molar-refractivity contribution in [2.45, 2.75) is 6.92 Å². The Hall–Kier alpha value is -2.69. The van der Waals surface area contributed by atoms with Gasteiger partial charge in [-0.1, -0.05) is 17.3 Å². The van der Waals surface area contributed by atoms with Gasteiger partial charge in [-0.25, -0.2) is 0 Å². The Morgan fingerprint density at radius 1 is 1.20 bits per heavy atom. The van der Waals surface area contributed by atoms with Crippen molar-refractivity contribution in [2.75, 3.05) is 12.8 Å². The van der Waals surface area contributed by atoms with Gasteiger partial charge >= 0.3 is 0 Å². The molecule has 3 aromatic rings. The highest BCUT2D eigenvalue weighted by molar-refractivity contribution is 5.87. The molecule has 5 heteroatoms. The first-order chi connectivity index (χ1) is 9.70. The lowest BCUT2D eigenvalue weighted by molar-refractivity contribution is 0.412. The molecule has 0 aliphatic carbocycles. The van der Waals surface area contributed by atoms with E-state index < -0.39 is 0 Å². The lowest BCUT2D eigenvalue weighted by Gasteiger charge is -2.07. The molecule has 20 heavy (non-hydrogen) atoms. The van der Waals surface area contributed by atoms with Gasteiger partial charge < -0.3 is 19.4 Å². The smallest absolute Gasteiger partial charge is 0.230 e. The number of methoxy groups -OCH3 is 1. The molecule has 0 fully saturated rings. The van der Waals surface area contributed by atoms with Crippen LogP contribution in [-0.4, -0.2) is 12.3 Å². The van der Waals surface area contributed by atoms with Crippen LogP contribution in [0, 0.1) is 6.92 Å². The normalized spacial score (nSPS) is 10.7. The largest absolute Gasteiger partial charge is 0.496 e. The number of nitrogen functional groups attached to an aromatic ring is 1. The molecular formula is C15H14N2O3. The zero-order valence-corrected chi connectivity index (χ0v) is 11.2. The van der Waals surface area contributed by atoms with E-state index in [9.17, 15) is 0 Å². The number of aryl methyl sites for hydroxylation is 1. The Morgan fingerprint density at radius 3 is 2.75 bits per heavy atom. The molecule has 0 atom stereocenters. The van der Waals surface area contributed by atoms with Crippen LogP contribution in [0.25, 0.3) is 22.4 Å². The zero-order chi connectivity index (χ0) is 14.1. The standard InChI is InChI=1S/C15H14N2O3/c1-9-3-4-10(7-12(9)18-2)13-14(17-20-15(13)16)11-5-6-19-8-11/h3-8H,16H2,1-2H3. The maximum atomic E-state index is 5.91. The van der Waals surface area contributed by atoms with Crippen molar-refractivity contribution in [3.05, 3.63) is 42.4 Å². The Morgan fingerprint density at radius 2 is 2.05 bits per heavy atom. The van der Waals surface area contributed by atoms with Crippen molar-refractivity contribution < 1.29 is 13.7 Å². The summed E-state index contributed by atoms with van der Waals surface area (Å²) >= 11 is 0. The maximum Gasteiger partial charge on any atom is 0.230 e. The molecule has 2 aromatic heterocycles. The number of ether oxygens (including phenoxy) is 1. The highest BCUT2D eigenvalue weighted by Crippen LogP contribution is 2.38. The molecule has 1 aromatic carbocycles.